The van der Waals surface area contributed by atoms with Gasteiger partial charge in [0.2, 0.25) is 0 Å². The quantitative estimate of drug-likeness (QED) is 0.209. The van der Waals surface area contributed by atoms with Gasteiger partial charge in [-0.3, -0.25) is 4.79 Å². The van der Waals surface area contributed by atoms with Gasteiger partial charge in [-0.2, -0.15) is 5.26 Å². The number of ether oxygens (including phenoxy) is 4. The molecule has 1 heterocycles. The van der Waals surface area contributed by atoms with Crippen molar-refractivity contribution in [2.45, 2.75) is 47.1 Å². The number of hydrogen-bond acceptors (Lipinski definition) is 9. The number of ketones is 1. The molecule has 8 nitrogen and oxygen atoms in total. The number of Topliss-reactive ketones (excluding diaryl/α,β-unsaturated/α-hetero) is 1. The zero-order chi connectivity index (χ0) is 27.0. The number of thiophene rings is 1. The number of nitrogens with zero attached hydrogens (tertiary/aromatic N) is 1. The number of rotatable bonds is 11. The van der Waals surface area contributed by atoms with E-state index in [0.29, 0.717) is 27.5 Å². The van der Waals surface area contributed by atoms with Crippen molar-refractivity contribution in [2.24, 2.45) is 0 Å². The highest BCUT2D eigenvalue weighted by molar-refractivity contribution is 7.14. The van der Waals surface area contributed by atoms with Crippen LogP contribution in [0.25, 0.3) is 6.08 Å². The fourth-order valence-corrected chi connectivity index (χ4v) is 4.76. The Morgan fingerprint density at radius 3 is 2.33 bits per heavy atom. The highest BCUT2D eigenvalue weighted by Crippen LogP contribution is 2.38. The minimum Gasteiger partial charge on any atom is -0.493 e. The number of esters is 2. The first-order chi connectivity index (χ1) is 17.1. The Kier molecular flexibility index (Phi) is 10.5. The maximum atomic E-state index is 13.1. The van der Waals surface area contributed by atoms with Gasteiger partial charge in [-0.25, -0.2) is 9.59 Å². The summed E-state index contributed by atoms with van der Waals surface area (Å²) in [5.74, 6) is -1.08. The smallest absolute Gasteiger partial charge is 0.348 e. The molecule has 0 N–H and O–H groups in total. The summed E-state index contributed by atoms with van der Waals surface area (Å²) in [6.07, 6.45) is 0.959. The number of nitriles is 1. The maximum Gasteiger partial charge on any atom is 0.348 e. The molecule has 0 atom stereocenters. The van der Waals surface area contributed by atoms with E-state index in [9.17, 15) is 19.6 Å². The van der Waals surface area contributed by atoms with Crippen LogP contribution in [0.3, 0.4) is 0 Å². The third-order valence-corrected chi connectivity index (χ3v) is 6.37. The van der Waals surface area contributed by atoms with Gasteiger partial charge < -0.3 is 18.9 Å². The van der Waals surface area contributed by atoms with Crippen LogP contribution in [-0.2, 0) is 20.7 Å². The molecule has 0 fully saturated rings. The first-order valence-corrected chi connectivity index (χ1v) is 12.4. The molecule has 0 aliphatic carbocycles. The Balaban J connectivity index is 2.47. The lowest BCUT2D eigenvalue weighted by Gasteiger charge is -2.15. The summed E-state index contributed by atoms with van der Waals surface area (Å²) in [5.41, 5.74) is 0.803. The molecule has 10 heteroatoms. The van der Waals surface area contributed by atoms with Crippen molar-refractivity contribution in [3.05, 3.63) is 49.2 Å². The minimum absolute atomic E-state index is 0.124. The van der Waals surface area contributed by atoms with E-state index >= 15 is 0 Å². The molecule has 0 amide bonds. The predicted octanol–water partition coefficient (Wildman–Crippen LogP) is 5.58. The van der Waals surface area contributed by atoms with Gasteiger partial charge in [0, 0.05) is 11.3 Å². The standard InChI is InChI=1S/C26H28ClNO7S/c1-7-33-25(30)22-15(5)24(26(31)34-8-2)36-21(22)12-19(29)17(13-28)9-16-10-18(27)23(35-14(3)4)20(11-16)32-6/h9-11,14H,7-8,12H2,1-6H3/b17-9+. The molecule has 1 aromatic heterocycles. The fourth-order valence-electron chi connectivity index (χ4n) is 3.32. The molecule has 192 valence electrons. The summed E-state index contributed by atoms with van der Waals surface area (Å²) in [5, 5.41) is 9.96. The van der Waals surface area contributed by atoms with Crippen LogP contribution in [0, 0.1) is 18.3 Å². The summed E-state index contributed by atoms with van der Waals surface area (Å²) in [7, 11) is 1.46. The second-order valence-corrected chi connectivity index (χ2v) is 9.28. The van der Waals surface area contributed by atoms with Crippen LogP contribution in [-0.4, -0.2) is 44.1 Å². The Morgan fingerprint density at radius 2 is 1.78 bits per heavy atom. The van der Waals surface area contributed by atoms with Crippen LogP contribution in [0.1, 0.15) is 63.7 Å². The van der Waals surface area contributed by atoms with Gasteiger partial charge in [0.1, 0.15) is 10.9 Å². The zero-order valence-electron chi connectivity index (χ0n) is 21.0. The average Bonchev–Trinajstić information content (AvgIpc) is 3.14. The molecule has 0 radical (unpaired) electrons. The van der Waals surface area contributed by atoms with Crippen molar-refractivity contribution in [1.82, 2.24) is 0 Å². The number of methoxy groups -OCH3 is 1. The monoisotopic (exact) mass is 533 g/mol. The van der Waals surface area contributed by atoms with Crippen LogP contribution in [0.2, 0.25) is 5.02 Å². The van der Waals surface area contributed by atoms with E-state index in [1.165, 1.54) is 13.2 Å². The minimum atomic E-state index is -0.649. The van der Waals surface area contributed by atoms with Gasteiger partial charge in [-0.05, 0) is 64.0 Å². The molecule has 0 aliphatic rings. The van der Waals surface area contributed by atoms with E-state index in [0.717, 1.165) is 11.3 Å². The Morgan fingerprint density at radius 1 is 1.14 bits per heavy atom. The molecule has 0 aliphatic heterocycles. The number of allylic oxidation sites excluding steroid dienone is 1. The molecule has 0 unspecified atom stereocenters. The SMILES string of the molecule is CCOC(=O)c1sc(CC(=O)/C(C#N)=C/c2cc(Cl)c(OC(C)C)c(OC)c2)c(C(=O)OCC)c1C. The van der Waals surface area contributed by atoms with Gasteiger partial charge in [0.05, 0.1) is 42.6 Å². The highest BCUT2D eigenvalue weighted by Gasteiger charge is 2.28. The third-order valence-electron chi connectivity index (χ3n) is 4.82. The normalized spacial score (nSPS) is 11.1. The number of carbonyl (C=O) groups excluding carboxylic acids is 3. The van der Waals surface area contributed by atoms with Gasteiger partial charge in [0.15, 0.2) is 17.3 Å². The van der Waals surface area contributed by atoms with E-state index in [2.05, 4.69) is 0 Å². The second-order valence-electron chi connectivity index (χ2n) is 7.77. The molecule has 2 rings (SSSR count). The molecule has 0 saturated carbocycles. The van der Waals surface area contributed by atoms with Crippen molar-refractivity contribution in [3.8, 4) is 17.6 Å². The average molecular weight is 534 g/mol. The van der Waals surface area contributed by atoms with Gasteiger partial charge in [0.25, 0.3) is 0 Å². The van der Waals surface area contributed by atoms with Crippen LogP contribution in [0.4, 0.5) is 0 Å². The van der Waals surface area contributed by atoms with E-state index < -0.39 is 17.7 Å². The largest absolute Gasteiger partial charge is 0.493 e. The lowest BCUT2D eigenvalue weighted by atomic mass is 10.0. The van der Waals surface area contributed by atoms with Crippen LogP contribution in [0.15, 0.2) is 17.7 Å². The van der Waals surface area contributed by atoms with Gasteiger partial charge in [-0.15, -0.1) is 11.3 Å². The van der Waals surface area contributed by atoms with Crippen molar-refractivity contribution in [1.29, 1.82) is 5.26 Å². The number of halogens is 1. The summed E-state index contributed by atoms with van der Waals surface area (Å²) in [6.45, 7) is 8.90. The molecule has 1 aromatic carbocycles. The molecule has 36 heavy (non-hydrogen) atoms. The van der Waals surface area contributed by atoms with Crippen LogP contribution < -0.4 is 9.47 Å². The molecule has 0 spiro atoms. The predicted molar refractivity (Wildman–Crippen MR) is 137 cm³/mol. The number of carbonyl (C=O) groups is 3. The van der Waals surface area contributed by atoms with Crippen molar-refractivity contribution >= 4 is 46.7 Å². The summed E-state index contributed by atoms with van der Waals surface area (Å²) >= 11 is 7.34. The highest BCUT2D eigenvalue weighted by atomic mass is 35.5. The summed E-state index contributed by atoms with van der Waals surface area (Å²) in [6, 6.07) is 5.07. The van der Waals surface area contributed by atoms with E-state index in [-0.39, 0.29) is 46.8 Å². The zero-order valence-corrected chi connectivity index (χ0v) is 22.6. The first kappa shape index (κ1) is 28.9. The first-order valence-electron chi connectivity index (χ1n) is 11.2. The molecule has 0 bridgehead atoms. The van der Waals surface area contributed by atoms with Crippen molar-refractivity contribution in [2.75, 3.05) is 20.3 Å². The van der Waals surface area contributed by atoms with E-state index in [1.807, 2.05) is 19.9 Å². The fraction of sp³-hybridized carbons (Fsp3) is 0.385. The van der Waals surface area contributed by atoms with E-state index in [4.69, 9.17) is 30.5 Å². The second kappa shape index (κ2) is 13.1. The molecular formula is C26H28ClNO7S. The van der Waals surface area contributed by atoms with E-state index in [1.54, 1.807) is 32.9 Å². The topological polar surface area (TPSA) is 112 Å². The lowest BCUT2D eigenvalue weighted by molar-refractivity contribution is -0.114. The third kappa shape index (κ3) is 6.86. The molecular weight excluding hydrogens is 506 g/mol. The Hall–Kier alpha value is -3.35. The Bertz CT molecular complexity index is 1220. The molecule has 2 aromatic rings. The van der Waals surface area contributed by atoms with Crippen LogP contribution in [0.5, 0.6) is 11.5 Å². The Labute approximate surface area is 219 Å². The number of hydrogen-bond donors (Lipinski definition) is 0. The van der Waals surface area contributed by atoms with Crippen LogP contribution >= 0.6 is 22.9 Å². The molecule has 0 saturated heterocycles. The lowest BCUT2D eigenvalue weighted by Crippen LogP contribution is -2.12. The van der Waals surface area contributed by atoms with Gasteiger partial charge >= 0.3 is 11.9 Å². The summed E-state index contributed by atoms with van der Waals surface area (Å²) in [4.78, 5) is 38.6. The number of benzene rings is 1. The summed E-state index contributed by atoms with van der Waals surface area (Å²) < 4.78 is 21.3. The van der Waals surface area contributed by atoms with Crippen molar-refractivity contribution < 1.29 is 33.3 Å². The maximum absolute atomic E-state index is 13.1. The van der Waals surface area contributed by atoms with Crippen molar-refractivity contribution in [3.63, 3.8) is 0 Å². The van der Waals surface area contributed by atoms with Gasteiger partial charge in [-0.1, -0.05) is 11.6 Å².